The van der Waals surface area contributed by atoms with Crippen LogP contribution >= 0.6 is 15.9 Å². The van der Waals surface area contributed by atoms with Gasteiger partial charge in [0, 0.05) is 6.54 Å². The largest absolute Gasteiger partial charge is 0.491 e. The number of hydrogen-bond acceptors (Lipinski definition) is 5. The van der Waals surface area contributed by atoms with E-state index < -0.39 is 35.0 Å². The fourth-order valence-electron chi connectivity index (χ4n) is 2.86. The van der Waals surface area contributed by atoms with Crippen LogP contribution in [0, 0.1) is 5.82 Å². The molecule has 0 atom stereocenters. The number of nitrogens with two attached hydrogens (primary N) is 1. The number of ether oxygens (including phenoxy) is 2. The van der Waals surface area contributed by atoms with E-state index in [2.05, 4.69) is 20.7 Å². The average Bonchev–Trinajstić information content (AvgIpc) is 2.77. The highest BCUT2D eigenvalue weighted by molar-refractivity contribution is 9.10. The van der Waals surface area contributed by atoms with Gasteiger partial charge in [-0.3, -0.25) is 4.79 Å². The summed E-state index contributed by atoms with van der Waals surface area (Å²) >= 11 is 3.04. The second-order valence-corrected chi connectivity index (χ2v) is 7.69. The van der Waals surface area contributed by atoms with E-state index in [-0.39, 0.29) is 24.2 Å². The minimum absolute atomic E-state index is 0.0277. The van der Waals surface area contributed by atoms with E-state index in [1.807, 2.05) is 0 Å². The molecule has 1 aromatic heterocycles. The van der Waals surface area contributed by atoms with Gasteiger partial charge in [0.2, 0.25) is 0 Å². The number of hydrogen-bond donors (Lipinski definition) is 1. The molecule has 33 heavy (non-hydrogen) atoms. The van der Waals surface area contributed by atoms with E-state index in [4.69, 9.17) is 10.5 Å². The van der Waals surface area contributed by atoms with Crippen molar-refractivity contribution in [1.82, 2.24) is 4.57 Å². The zero-order valence-corrected chi connectivity index (χ0v) is 18.5. The van der Waals surface area contributed by atoms with Crippen LogP contribution in [0.5, 0.6) is 11.5 Å². The summed E-state index contributed by atoms with van der Waals surface area (Å²) in [5.74, 6) is -3.97. The predicted molar refractivity (Wildman–Crippen MR) is 114 cm³/mol. The minimum atomic E-state index is -5.27. The van der Waals surface area contributed by atoms with Gasteiger partial charge in [-0.15, -0.1) is 0 Å². The first-order valence-electron chi connectivity index (χ1n) is 9.45. The molecule has 1 heterocycles. The maximum atomic E-state index is 13.1. The molecular weight excluding hydrogens is 512 g/mol. The molecule has 0 amide bonds. The van der Waals surface area contributed by atoms with Gasteiger partial charge in [0.25, 0.3) is 5.56 Å². The van der Waals surface area contributed by atoms with E-state index in [0.717, 1.165) is 16.3 Å². The second kappa shape index (κ2) is 10.2. The van der Waals surface area contributed by atoms with Crippen LogP contribution in [-0.2, 0) is 24.5 Å². The van der Waals surface area contributed by atoms with Crippen molar-refractivity contribution < 1.29 is 31.8 Å². The number of alkyl halides is 3. The maximum Gasteiger partial charge on any atom is 0.491 e. The maximum absolute atomic E-state index is 13.1. The highest BCUT2D eigenvalue weighted by atomic mass is 79.9. The van der Waals surface area contributed by atoms with Crippen molar-refractivity contribution >= 4 is 21.9 Å². The lowest BCUT2D eigenvalue weighted by Gasteiger charge is -2.17. The zero-order chi connectivity index (χ0) is 24.2. The second-order valence-electron chi connectivity index (χ2n) is 6.90. The lowest BCUT2D eigenvalue weighted by Crippen LogP contribution is -2.29. The van der Waals surface area contributed by atoms with Crippen LogP contribution in [0.1, 0.15) is 16.7 Å². The van der Waals surface area contributed by atoms with Crippen LogP contribution in [0.3, 0.4) is 0 Å². The van der Waals surface area contributed by atoms with Gasteiger partial charge in [-0.2, -0.15) is 13.2 Å². The number of halogens is 5. The standard InChI is InChI=1S/C22H17BrF4N2O4/c23-18-19(32-12-13-4-6-16(24)7-5-13)17(33-21(31)22(25,26)27)11-29(20(18)30)10-15-3-1-2-14(8-15)9-28/h1-8,11H,9-10,12,28H2. The molecule has 2 aromatic carbocycles. The Morgan fingerprint density at radius 2 is 1.73 bits per heavy atom. The number of carbonyl (C=O) groups is 1. The van der Waals surface area contributed by atoms with Crippen molar-refractivity contribution in [2.45, 2.75) is 25.9 Å². The molecule has 3 rings (SSSR count). The summed E-state index contributed by atoms with van der Waals surface area (Å²) in [6.07, 6.45) is -4.30. The number of aromatic nitrogens is 1. The summed E-state index contributed by atoms with van der Waals surface area (Å²) < 4.78 is 62.4. The van der Waals surface area contributed by atoms with Crippen molar-refractivity contribution in [2.75, 3.05) is 0 Å². The van der Waals surface area contributed by atoms with Crippen LogP contribution in [0.2, 0.25) is 0 Å². The number of pyridine rings is 1. The minimum Gasteiger partial charge on any atom is -0.484 e. The van der Waals surface area contributed by atoms with Gasteiger partial charge in [-0.25, -0.2) is 9.18 Å². The van der Waals surface area contributed by atoms with E-state index >= 15 is 0 Å². The molecule has 0 unspecified atom stereocenters. The Morgan fingerprint density at radius 1 is 1.06 bits per heavy atom. The molecule has 2 N–H and O–H groups in total. The molecule has 0 saturated carbocycles. The van der Waals surface area contributed by atoms with Crippen LogP contribution in [0.15, 0.2) is 64.0 Å². The first-order chi connectivity index (χ1) is 15.6. The summed E-state index contributed by atoms with van der Waals surface area (Å²) in [7, 11) is 0. The number of esters is 1. The van der Waals surface area contributed by atoms with Gasteiger partial charge < -0.3 is 19.8 Å². The number of benzene rings is 2. The van der Waals surface area contributed by atoms with E-state index in [9.17, 15) is 27.2 Å². The van der Waals surface area contributed by atoms with Gasteiger partial charge >= 0.3 is 12.1 Å². The molecule has 3 aromatic rings. The zero-order valence-electron chi connectivity index (χ0n) is 16.9. The highest BCUT2D eigenvalue weighted by Gasteiger charge is 2.42. The van der Waals surface area contributed by atoms with Gasteiger partial charge in [-0.05, 0) is 44.8 Å². The van der Waals surface area contributed by atoms with Crippen molar-refractivity contribution in [2.24, 2.45) is 5.73 Å². The predicted octanol–water partition coefficient (Wildman–Crippen LogP) is 4.30. The molecular formula is C22H17BrF4N2O4. The van der Waals surface area contributed by atoms with Gasteiger partial charge in [0.1, 0.15) is 16.9 Å². The molecule has 0 saturated heterocycles. The van der Waals surface area contributed by atoms with Crippen LogP contribution in [0.4, 0.5) is 17.6 Å². The van der Waals surface area contributed by atoms with Gasteiger partial charge in [0.15, 0.2) is 11.5 Å². The lowest BCUT2D eigenvalue weighted by molar-refractivity contribution is -0.189. The van der Waals surface area contributed by atoms with E-state index in [1.165, 1.54) is 24.3 Å². The number of carbonyl (C=O) groups excluding carboxylic acids is 1. The Hall–Kier alpha value is -3.18. The fraction of sp³-hybridized carbons (Fsp3) is 0.182. The molecule has 174 valence electrons. The summed E-state index contributed by atoms with van der Waals surface area (Å²) in [5.41, 5.74) is 6.91. The lowest BCUT2D eigenvalue weighted by atomic mass is 10.1. The first-order valence-corrected chi connectivity index (χ1v) is 10.2. The third kappa shape index (κ3) is 6.20. The normalized spacial score (nSPS) is 11.3. The molecule has 11 heteroatoms. The molecule has 0 radical (unpaired) electrons. The molecule has 0 aliphatic carbocycles. The molecule has 0 aliphatic heterocycles. The number of rotatable bonds is 7. The summed E-state index contributed by atoms with van der Waals surface area (Å²) in [4.78, 5) is 24.3. The topological polar surface area (TPSA) is 83.6 Å². The number of nitrogens with zero attached hydrogens (tertiary/aromatic N) is 1. The quantitative estimate of drug-likeness (QED) is 0.365. The van der Waals surface area contributed by atoms with Crippen molar-refractivity contribution in [3.05, 3.63) is 92.1 Å². The molecule has 0 fully saturated rings. The summed E-state index contributed by atoms with van der Waals surface area (Å²) in [5, 5.41) is 0. The molecule has 0 spiro atoms. The van der Waals surface area contributed by atoms with E-state index in [1.54, 1.807) is 24.3 Å². The van der Waals surface area contributed by atoms with Crippen LogP contribution in [-0.4, -0.2) is 16.7 Å². The average molecular weight is 529 g/mol. The summed E-state index contributed by atoms with van der Waals surface area (Å²) in [6.45, 7) is 0.00850. The van der Waals surface area contributed by atoms with Crippen molar-refractivity contribution in [3.8, 4) is 11.5 Å². The van der Waals surface area contributed by atoms with Crippen LogP contribution < -0.4 is 20.8 Å². The fourth-order valence-corrected chi connectivity index (χ4v) is 3.40. The van der Waals surface area contributed by atoms with Gasteiger partial charge in [-0.1, -0.05) is 36.4 Å². The summed E-state index contributed by atoms with van der Waals surface area (Å²) in [6, 6.07) is 12.1. The third-order valence-corrected chi connectivity index (χ3v) is 5.15. The monoisotopic (exact) mass is 528 g/mol. The molecule has 6 nitrogen and oxygen atoms in total. The highest BCUT2D eigenvalue weighted by Crippen LogP contribution is 2.35. The third-order valence-electron chi connectivity index (χ3n) is 4.46. The van der Waals surface area contributed by atoms with E-state index in [0.29, 0.717) is 11.1 Å². The Kier molecular flexibility index (Phi) is 7.54. The van der Waals surface area contributed by atoms with Crippen LogP contribution in [0.25, 0.3) is 0 Å². The Bertz CT molecular complexity index is 1210. The Balaban J connectivity index is 1.99. The van der Waals surface area contributed by atoms with Crippen molar-refractivity contribution in [1.29, 1.82) is 0 Å². The molecule has 0 aliphatic rings. The van der Waals surface area contributed by atoms with Crippen molar-refractivity contribution in [3.63, 3.8) is 0 Å². The smallest absolute Gasteiger partial charge is 0.484 e. The SMILES string of the molecule is NCc1cccc(Cn2cc(OC(=O)C(F)(F)F)c(OCc3ccc(F)cc3)c(Br)c2=O)c1. The first kappa shape index (κ1) is 24.5. The Labute approximate surface area is 193 Å². The Morgan fingerprint density at radius 3 is 2.36 bits per heavy atom. The van der Waals surface area contributed by atoms with Gasteiger partial charge in [0.05, 0.1) is 12.7 Å². The molecule has 0 bridgehead atoms.